The Labute approximate surface area is 129 Å². The molecule has 1 aliphatic heterocycles. The van der Waals surface area contributed by atoms with Crippen molar-refractivity contribution in [1.29, 1.82) is 0 Å². The van der Waals surface area contributed by atoms with Gasteiger partial charge in [0.25, 0.3) is 0 Å². The van der Waals surface area contributed by atoms with Crippen LogP contribution in [0.25, 0.3) is 0 Å². The van der Waals surface area contributed by atoms with Gasteiger partial charge in [-0.1, -0.05) is 6.07 Å². The van der Waals surface area contributed by atoms with E-state index >= 15 is 0 Å². The van der Waals surface area contributed by atoms with Crippen molar-refractivity contribution >= 4 is 17.3 Å². The van der Waals surface area contributed by atoms with Gasteiger partial charge in [0, 0.05) is 32.2 Å². The molecule has 21 heavy (non-hydrogen) atoms. The lowest BCUT2D eigenvalue weighted by molar-refractivity contribution is 0.223. The van der Waals surface area contributed by atoms with Crippen LogP contribution < -0.4 is 5.32 Å². The Morgan fingerprint density at radius 2 is 2.24 bits per heavy atom. The van der Waals surface area contributed by atoms with Gasteiger partial charge in [-0.15, -0.1) is 0 Å². The van der Waals surface area contributed by atoms with E-state index in [-0.39, 0.29) is 18.7 Å². The number of hydrogen-bond donors (Lipinski definition) is 2. The highest BCUT2D eigenvalue weighted by Gasteiger charge is 2.39. The normalized spacial score (nSPS) is 21.6. The number of nitrogens with zero attached hydrogens (tertiary/aromatic N) is 3. The summed E-state index contributed by atoms with van der Waals surface area (Å²) in [5.41, 5.74) is 2.11. The first-order valence-corrected chi connectivity index (χ1v) is 7.32. The zero-order chi connectivity index (χ0) is 14.8. The Morgan fingerprint density at radius 3 is 2.86 bits per heavy atom. The number of pyridine rings is 1. The van der Waals surface area contributed by atoms with Crippen LogP contribution in [0.3, 0.4) is 0 Å². The van der Waals surface area contributed by atoms with Crippen molar-refractivity contribution in [3.05, 3.63) is 54.1 Å². The maximum Gasteiger partial charge on any atom is 0.170 e. The molecule has 110 valence electrons. The lowest BCUT2D eigenvalue weighted by Crippen LogP contribution is -2.32. The lowest BCUT2D eigenvalue weighted by atomic mass is 9.99. The van der Waals surface area contributed by atoms with Gasteiger partial charge in [-0.05, 0) is 36.0 Å². The minimum absolute atomic E-state index is 0.00681. The molecule has 1 aliphatic rings. The fourth-order valence-electron chi connectivity index (χ4n) is 2.82. The molecule has 1 fully saturated rings. The highest BCUT2D eigenvalue weighted by Crippen LogP contribution is 2.38. The first kappa shape index (κ1) is 14.0. The monoisotopic (exact) mass is 302 g/mol. The highest BCUT2D eigenvalue weighted by molar-refractivity contribution is 7.80. The standard InChI is InChI=1S/C15H18N4OS/c1-18-7-5-11(10-18)14-13(12-4-2-3-6-16-12)17-15(21)19(14)8-9-20/h2-7,10,13-14,20H,8-9H2,1H3,(H,17,21)/t13-,14+/m0/s1. The molecule has 0 amide bonds. The van der Waals surface area contributed by atoms with Crippen LogP contribution in [0.15, 0.2) is 42.9 Å². The van der Waals surface area contributed by atoms with Crippen molar-refractivity contribution in [2.24, 2.45) is 7.05 Å². The van der Waals surface area contributed by atoms with Gasteiger partial charge in [-0.2, -0.15) is 0 Å². The second-order valence-electron chi connectivity index (χ2n) is 5.15. The summed E-state index contributed by atoms with van der Waals surface area (Å²) in [6.45, 7) is 0.578. The van der Waals surface area contributed by atoms with E-state index in [1.807, 2.05) is 40.9 Å². The number of aryl methyl sites for hydroxylation is 1. The zero-order valence-corrected chi connectivity index (χ0v) is 12.6. The summed E-state index contributed by atoms with van der Waals surface area (Å²) in [6, 6.07) is 8.00. The van der Waals surface area contributed by atoms with Gasteiger partial charge >= 0.3 is 0 Å². The fraction of sp³-hybridized carbons (Fsp3) is 0.333. The number of rotatable bonds is 4. The van der Waals surface area contributed by atoms with Gasteiger partial charge in [0.2, 0.25) is 0 Å². The fourth-order valence-corrected chi connectivity index (χ4v) is 3.15. The Bertz CT molecular complexity index is 628. The number of hydrogen-bond acceptors (Lipinski definition) is 3. The third-order valence-corrected chi connectivity index (χ3v) is 4.09. The van der Waals surface area contributed by atoms with Crippen LogP contribution in [0.1, 0.15) is 23.3 Å². The molecule has 3 heterocycles. The van der Waals surface area contributed by atoms with Crippen molar-refractivity contribution in [3.63, 3.8) is 0 Å². The van der Waals surface area contributed by atoms with Gasteiger partial charge in [-0.3, -0.25) is 4.98 Å². The molecule has 2 aromatic rings. The van der Waals surface area contributed by atoms with Gasteiger partial charge in [-0.25, -0.2) is 0 Å². The quantitative estimate of drug-likeness (QED) is 0.836. The maximum absolute atomic E-state index is 9.32. The second-order valence-corrected chi connectivity index (χ2v) is 5.54. The van der Waals surface area contributed by atoms with Gasteiger partial charge in [0.05, 0.1) is 24.4 Å². The molecular weight excluding hydrogens is 284 g/mol. The Morgan fingerprint density at radius 1 is 1.38 bits per heavy atom. The molecule has 0 saturated carbocycles. The van der Waals surface area contributed by atoms with E-state index in [2.05, 4.69) is 22.6 Å². The third-order valence-electron chi connectivity index (χ3n) is 3.74. The molecule has 0 unspecified atom stereocenters. The number of nitrogens with one attached hydrogen (secondary N) is 1. The van der Waals surface area contributed by atoms with Crippen molar-refractivity contribution in [2.45, 2.75) is 12.1 Å². The van der Waals surface area contributed by atoms with E-state index in [0.717, 1.165) is 11.3 Å². The average Bonchev–Trinajstić information content (AvgIpc) is 3.05. The molecule has 2 aromatic heterocycles. The predicted octanol–water partition coefficient (Wildman–Crippen LogP) is 1.38. The maximum atomic E-state index is 9.32. The van der Waals surface area contributed by atoms with Crippen LogP contribution >= 0.6 is 12.2 Å². The van der Waals surface area contributed by atoms with Gasteiger partial charge < -0.3 is 19.9 Å². The molecule has 0 aliphatic carbocycles. The van der Waals surface area contributed by atoms with Crippen LogP contribution in [-0.4, -0.2) is 37.8 Å². The SMILES string of the molecule is Cn1ccc([C@@H]2[C@H](c3ccccn3)NC(=S)N2CCO)c1. The van der Waals surface area contributed by atoms with Crippen molar-refractivity contribution in [1.82, 2.24) is 19.8 Å². The van der Waals surface area contributed by atoms with Gasteiger partial charge in [0.1, 0.15) is 0 Å². The van der Waals surface area contributed by atoms with E-state index in [9.17, 15) is 5.11 Å². The smallest absolute Gasteiger partial charge is 0.170 e. The molecular formula is C15H18N4OS. The first-order chi connectivity index (χ1) is 10.2. The Hall–Kier alpha value is -1.92. The molecule has 0 spiro atoms. The highest BCUT2D eigenvalue weighted by atomic mass is 32.1. The van der Waals surface area contributed by atoms with E-state index < -0.39 is 0 Å². The molecule has 5 nitrogen and oxygen atoms in total. The molecule has 2 atom stereocenters. The number of aromatic nitrogens is 2. The van der Waals surface area contributed by atoms with Gasteiger partial charge in [0.15, 0.2) is 5.11 Å². The lowest BCUT2D eigenvalue weighted by Gasteiger charge is -2.26. The van der Waals surface area contributed by atoms with E-state index in [1.54, 1.807) is 6.20 Å². The molecule has 0 radical (unpaired) electrons. The minimum atomic E-state index is -0.00681. The molecule has 6 heteroatoms. The first-order valence-electron chi connectivity index (χ1n) is 6.91. The van der Waals surface area contributed by atoms with Crippen molar-refractivity contribution in [2.75, 3.05) is 13.2 Å². The largest absolute Gasteiger partial charge is 0.395 e. The summed E-state index contributed by atoms with van der Waals surface area (Å²) in [6.07, 6.45) is 5.89. The van der Waals surface area contributed by atoms with Crippen molar-refractivity contribution in [3.8, 4) is 0 Å². The summed E-state index contributed by atoms with van der Waals surface area (Å²) in [7, 11) is 2.00. The van der Waals surface area contributed by atoms with E-state index in [0.29, 0.717) is 11.7 Å². The second kappa shape index (κ2) is 5.83. The number of aliphatic hydroxyl groups is 1. The number of thiocarbonyl (C=S) groups is 1. The van der Waals surface area contributed by atoms with Crippen LogP contribution in [0.4, 0.5) is 0 Å². The summed E-state index contributed by atoms with van der Waals surface area (Å²) in [5, 5.41) is 13.3. The average molecular weight is 302 g/mol. The predicted molar refractivity (Wildman–Crippen MR) is 84.7 cm³/mol. The topological polar surface area (TPSA) is 53.3 Å². The molecule has 0 bridgehead atoms. The van der Waals surface area contributed by atoms with Crippen molar-refractivity contribution < 1.29 is 5.11 Å². The van der Waals surface area contributed by atoms with Crippen LogP contribution in [0.5, 0.6) is 0 Å². The van der Waals surface area contributed by atoms with E-state index in [1.165, 1.54) is 0 Å². The summed E-state index contributed by atoms with van der Waals surface area (Å²) < 4.78 is 2.02. The van der Waals surface area contributed by atoms with Crippen LogP contribution in [0, 0.1) is 0 Å². The number of β-amino-alcohol motifs (C(OH)–C–C–N with tert-alkyl or cyclic N) is 1. The summed E-state index contributed by atoms with van der Waals surface area (Å²) in [4.78, 5) is 6.49. The summed E-state index contributed by atoms with van der Waals surface area (Å²) in [5.74, 6) is 0. The molecule has 3 rings (SSSR count). The zero-order valence-electron chi connectivity index (χ0n) is 11.8. The third kappa shape index (κ3) is 2.64. The minimum Gasteiger partial charge on any atom is -0.395 e. The number of aliphatic hydroxyl groups excluding tert-OH is 1. The summed E-state index contributed by atoms with van der Waals surface area (Å²) >= 11 is 5.44. The molecule has 1 saturated heterocycles. The molecule has 2 N–H and O–H groups in total. The Kier molecular flexibility index (Phi) is 3.90. The van der Waals surface area contributed by atoms with Crippen LogP contribution in [0.2, 0.25) is 0 Å². The van der Waals surface area contributed by atoms with E-state index in [4.69, 9.17) is 12.2 Å². The molecule has 0 aromatic carbocycles. The van der Waals surface area contributed by atoms with Crippen LogP contribution in [-0.2, 0) is 7.05 Å². The Balaban J connectivity index is 2.00.